The number of benzene rings is 1. The van der Waals surface area contributed by atoms with Gasteiger partial charge in [0.05, 0.1) is 18.3 Å². The number of unbranched alkanes of at least 4 members (excludes halogenated alkanes) is 3. The van der Waals surface area contributed by atoms with E-state index in [1.165, 1.54) is 30.4 Å². The fourth-order valence-electron chi connectivity index (χ4n) is 2.98. The quantitative estimate of drug-likeness (QED) is 0.0695. The molecule has 0 saturated heterocycles. The van der Waals surface area contributed by atoms with Gasteiger partial charge in [-0.3, -0.25) is 4.79 Å². The van der Waals surface area contributed by atoms with Crippen LogP contribution in [0, 0.1) is 23.7 Å². The molecule has 8 heteroatoms. The van der Waals surface area contributed by atoms with Gasteiger partial charge in [-0.1, -0.05) is 56.2 Å². The predicted molar refractivity (Wildman–Crippen MR) is 134 cm³/mol. The lowest BCUT2D eigenvalue weighted by atomic mass is 10.0. The average Bonchev–Trinajstić information content (AvgIpc) is 2.84. The van der Waals surface area contributed by atoms with Crippen LogP contribution in [-0.2, 0) is 4.79 Å². The zero-order valence-electron chi connectivity index (χ0n) is 19.7. The molecule has 0 saturated carbocycles. The van der Waals surface area contributed by atoms with Gasteiger partial charge in [-0.25, -0.2) is 0 Å². The first-order valence-electron chi connectivity index (χ1n) is 11.5. The second-order valence-electron chi connectivity index (χ2n) is 8.06. The summed E-state index contributed by atoms with van der Waals surface area (Å²) in [7, 11) is 0. The Morgan fingerprint density at radius 2 is 1.69 bits per heavy atom. The highest BCUT2D eigenvalue weighted by atomic mass is 16.3. The second kappa shape index (κ2) is 17.2. The Bertz CT molecular complexity index is 952. The van der Waals surface area contributed by atoms with Crippen molar-refractivity contribution in [1.29, 1.82) is 0 Å². The molecule has 0 radical (unpaired) electrons. The lowest BCUT2D eigenvalue weighted by Crippen LogP contribution is -2.30. The maximum absolute atomic E-state index is 11.9. The van der Waals surface area contributed by atoms with E-state index in [4.69, 9.17) is 5.11 Å². The molecule has 7 N–H and O–H groups in total. The number of aromatic hydroxyl groups is 2. The summed E-state index contributed by atoms with van der Waals surface area (Å²) < 4.78 is 0. The van der Waals surface area contributed by atoms with E-state index in [1.807, 2.05) is 0 Å². The summed E-state index contributed by atoms with van der Waals surface area (Å²) in [5, 5.41) is 60.4. The molecule has 0 spiro atoms. The van der Waals surface area contributed by atoms with Gasteiger partial charge in [0, 0.05) is 19.0 Å². The van der Waals surface area contributed by atoms with Gasteiger partial charge in [-0.15, -0.1) is 0 Å². The molecule has 1 amide bonds. The van der Waals surface area contributed by atoms with Crippen LogP contribution in [0.5, 0.6) is 11.5 Å². The molecular weight excluding hydrogens is 450 g/mol. The molecule has 0 aliphatic carbocycles. The van der Waals surface area contributed by atoms with Crippen LogP contribution in [-0.4, -0.2) is 67.5 Å². The van der Waals surface area contributed by atoms with Gasteiger partial charge in [0.25, 0.3) is 0 Å². The summed E-state index contributed by atoms with van der Waals surface area (Å²) in [4.78, 5) is 11.9. The van der Waals surface area contributed by atoms with Crippen molar-refractivity contribution in [1.82, 2.24) is 5.32 Å². The lowest BCUT2D eigenvalue weighted by molar-refractivity contribution is -0.116. The number of phenols is 2. The molecule has 0 aromatic heterocycles. The number of phenolic OH excluding ortho intramolecular Hbond substituents is 2. The number of aliphatic hydroxyl groups is 4. The second-order valence-corrected chi connectivity index (χ2v) is 8.06. The summed E-state index contributed by atoms with van der Waals surface area (Å²) >= 11 is 0. The molecule has 1 aromatic carbocycles. The van der Waals surface area contributed by atoms with Gasteiger partial charge in [0.15, 0.2) is 11.5 Å². The van der Waals surface area contributed by atoms with Crippen LogP contribution in [0.3, 0.4) is 0 Å². The molecule has 0 aliphatic heterocycles. The van der Waals surface area contributed by atoms with Gasteiger partial charge >= 0.3 is 0 Å². The molecule has 0 heterocycles. The van der Waals surface area contributed by atoms with Crippen LogP contribution in [0.2, 0.25) is 0 Å². The summed E-state index contributed by atoms with van der Waals surface area (Å²) in [6.45, 7) is 3.50. The third kappa shape index (κ3) is 13.9. The molecule has 8 nitrogen and oxygen atoms in total. The molecule has 0 fully saturated rings. The molecule has 0 bridgehead atoms. The first-order valence-corrected chi connectivity index (χ1v) is 11.5. The SMILES string of the molecule is C=C[C@H](O)C#CC#CC[C@H](O)[C@H](O)CCCCCC[C@H](O)CNC(=O)C=Cc1ccc(O)c(O)c1. The topological polar surface area (TPSA) is 150 Å². The van der Waals surface area contributed by atoms with Crippen molar-refractivity contribution in [2.75, 3.05) is 6.54 Å². The van der Waals surface area contributed by atoms with E-state index in [9.17, 15) is 30.3 Å². The van der Waals surface area contributed by atoms with Crippen LogP contribution in [0.25, 0.3) is 6.08 Å². The normalized spacial score (nSPS) is 14.1. The molecule has 1 rings (SSSR count). The first-order chi connectivity index (χ1) is 16.7. The summed E-state index contributed by atoms with van der Waals surface area (Å²) in [5.74, 6) is 9.15. The average molecular weight is 486 g/mol. The lowest BCUT2D eigenvalue weighted by Gasteiger charge is -2.15. The van der Waals surface area contributed by atoms with Crippen molar-refractivity contribution in [3.63, 3.8) is 0 Å². The number of amides is 1. The van der Waals surface area contributed by atoms with Crippen LogP contribution < -0.4 is 5.32 Å². The Balaban J connectivity index is 2.13. The maximum atomic E-state index is 11.9. The number of hydrogen-bond acceptors (Lipinski definition) is 7. The van der Waals surface area contributed by atoms with Gasteiger partial charge in [0.2, 0.25) is 5.91 Å². The number of rotatable bonds is 14. The Labute approximate surface area is 206 Å². The smallest absolute Gasteiger partial charge is 0.244 e. The molecule has 1 aromatic rings. The van der Waals surface area contributed by atoms with Crippen molar-refractivity contribution >= 4 is 12.0 Å². The Hall–Kier alpha value is -3.27. The van der Waals surface area contributed by atoms with Crippen LogP contribution in [0.15, 0.2) is 36.9 Å². The Kier molecular flexibility index (Phi) is 14.6. The molecule has 35 heavy (non-hydrogen) atoms. The van der Waals surface area contributed by atoms with Crippen LogP contribution in [0.4, 0.5) is 0 Å². The van der Waals surface area contributed by atoms with E-state index in [0.717, 1.165) is 25.7 Å². The minimum atomic E-state index is -0.965. The number of carbonyl (C=O) groups is 1. The maximum Gasteiger partial charge on any atom is 0.244 e. The van der Waals surface area contributed by atoms with E-state index in [1.54, 1.807) is 6.07 Å². The fourth-order valence-corrected chi connectivity index (χ4v) is 2.98. The van der Waals surface area contributed by atoms with Crippen molar-refractivity contribution < 1.29 is 35.4 Å². The van der Waals surface area contributed by atoms with Gasteiger partial charge in [0.1, 0.15) is 6.10 Å². The highest BCUT2D eigenvalue weighted by molar-refractivity contribution is 5.91. The molecule has 4 atom stereocenters. The van der Waals surface area contributed by atoms with Crippen molar-refractivity contribution in [2.45, 2.75) is 69.4 Å². The van der Waals surface area contributed by atoms with E-state index in [2.05, 4.69) is 35.6 Å². The third-order valence-corrected chi connectivity index (χ3v) is 5.08. The van der Waals surface area contributed by atoms with E-state index in [0.29, 0.717) is 18.4 Å². The number of hydrogen-bond donors (Lipinski definition) is 7. The zero-order chi connectivity index (χ0) is 26.1. The van der Waals surface area contributed by atoms with E-state index >= 15 is 0 Å². The molecule has 0 unspecified atom stereocenters. The fraction of sp³-hybridized carbons (Fsp3) is 0.444. The van der Waals surface area contributed by atoms with Crippen LogP contribution >= 0.6 is 0 Å². The van der Waals surface area contributed by atoms with Crippen molar-refractivity contribution in [3.05, 3.63) is 42.5 Å². The minimum absolute atomic E-state index is 0.0878. The van der Waals surface area contributed by atoms with Crippen molar-refractivity contribution in [3.8, 4) is 35.2 Å². The monoisotopic (exact) mass is 485 g/mol. The van der Waals surface area contributed by atoms with Crippen LogP contribution in [0.1, 0.15) is 50.5 Å². The largest absolute Gasteiger partial charge is 0.504 e. The predicted octanol–water partition coefficient (Wildman–Crippen LogP) is 1.59. The zero-order valence-corrected chi connectivity index (χ0v) is 19.7. The minimum Gasteiger partial charge on any atom is -0.504 e. The summed E-state index contributed by atoms with van der Waals surface area (Å²) in [6.07, 6.45) is 4.82. The molecular formula is C27H35NO7. The first kappa shape index (κ1) is 29.8. The number of carbonyl (C=O) groups excluding carboxylic acids is 1. The molecule has 190 valence electrons. The Morgan fingerprint density at radius 1 is 0.971 bits per heavy atom. The van der Waals surface area contributed by atoms with E-state index < -0.39 is 24.4 Å². The van der Waals surface area contributed by atoms with Crippen molar-refractivity contribution in [2.24, 2.45) is 0 Å². The number of aliphatic hydroxyl groups excluding tert-OH is 4. The highest BCUT2D eigenvalue weighted by Gasteiger charge is 2.14. The number of nitrogens with one attached hydrogen (secondary N) is 1. The standard InChI is InChI=1S/C27H35NO7/c1-2-21(29)10-7-5-9-13-24(32)23(31)12-8-4-3-6-11-22(30)19-28-27(35)17-15-20-14-16-25(33)26(34)18-20/h2,14-18,21-24,29-34H,1,3-4,6,8,11-13,19H2,(H,28,35)/t21-,22-,23+,24-/m0/s1. The Morgan fingerprint density at radius 3 is 2.37 bits per heavy atom. The van der Waals surface area contributed by atoms with E-state index in [-0.39, 0.29) is 30.4 Å². The third-order valence-electron chi connectivity index (χ3n) is 5.08. The highest BCUT2D eigenvalue weighted by Crippen LogP contribution is 2.25. The summed E-state index contributed by atoms with van der Waals surface area (Å²) in [5.41, 5.74) is 0.552. The summed E-state index contributed by atoms with van der Waals surface area (Å²) in [6, 6.07) is 4.21. The van der Waals surface area contributed by atoms with Gasteiger partial charge < -0.3 is 36.0 Å². The molecule has 0 aliphatic rings. The van der Waals surface area contributed by atoms with Gasteiger partial charge in [-0.2, -0.15) is 0 Å². The van der Waals surface area contributed by atoms with Gasteiger partial charge in [-0.05, 0) is 48.5 Å².